The van der Waals surface area contributed by atoms with Crippen molar-refractivity contribution in [2.24, 2.45) is 5.92 Å². The van der Waals surface area contributed by atoms with Gasteiger partial charge in [-0.3, -0.25) is 10.1 Å². The lowest BCUT2D eigenvalue weighted by molar-refractivity contribution is 0.0973. The van der Waals surface area contributed by atoms with E-state index in [4.69, 9.17) is 21.7 Å². The summed E-state index contributed by atoms with van der Waals surface area (Å²) in [4.78, 5) is 12.7. The lowest BCUT2D eigenvalue weighted by atomic mass is 10.2. The topological polar surface area (TPSA) is 59.6 Å². The molecule has 0 aliphatic heterocycles. The maximum Gasteiger partial charge on any atom is 0.261 e. The first-order chi connectivity index (χ1) is 12.9. The smallest absolute Gasteiger partial charge is 0.261 e. The van der Waals surface area contributed by atoms with Crippen LogP contribution in [0.2, 0.25) is 0 Å². The van der Waals surface area contributed by atoms with E-state index in [0.29, 0.717) is 30.4 Å². The number of carbonyl (C=O) groups is 1. The van der Waals surface area contributed by atoms with Gasteiger partial charge in [-0.1, -0.05) is 35.8 Å². The molecule has 0 atom stereocenters. The molecular weight excluding hydrogens is 428 g/mol. The van der Waals surface area contributed by atoms with Gasteiger partial charge < -0.3 is 14.8 Å². The molecule has 2 aromatic carbocycles. The zero-order valence-electron chi connectivity index (χ0n) is 15.5. The molecule has 2 aromatic rings. The van der Waals surface area contributed by atoms with Crippen LogP contribution in [0.5, 0.6) is 11.5 Å². The van der Waals surface area contributed by atoms with Gasteiger partial charge in [-0.2, -0.15) is 0 Å². The Hall–Kier alpha value is -2.12. The van der Waals surface area contributed by atoms with Crippen molar-refractivity contribution in [2.45, 2.75) is 20.8 Å². The Morgan fingerprint density at radius 2 is 1.96 bits per heavy atom. The fraction of sp³-hybridized carbons (Fsp3) is 0.300. The van der Waals surface area contributed by atoms with Crippen LogP contribution in [0.4, 0.5) is 5.69 Å². The molecule has 0 radical (unpaired) electrons. The van der Waals surface area contributed by atoms with Crippen molar-refractivity contribution >= 4 is 44.9 Å². The molecule has 0 bridgehead atoms. The van der Waals surface area contributed by atoms with Crippen molar-refractivity contribution in [1.29, 1.82) is 0 Å². The van der Waals surface area contributed by atoms with Crippen LogP contribution in [-0.4, -0.2) is 24.2 Å². The molecule has 144 valence electrons. The fourth-order valence-electron chi connectivity index (χ4n) is 2.23. The predicted octanol–water partition coefficient (Wildman–Crippen LogP) is 5.01. The number of anilines is 1. The average Bonchev–Trinajstić information content (AvgIpc) is 2.61. The van der Waals surface area contributed by atoms with Crippen LogP contribution >= 0.6 is 28.1 Å². The molecule has 0 aromatic heterocycles. The van der Waals surface area contributed by atoms with Gasteiger partial charge in [0.2, 0.25) is 0 Å². The van der Waals surface area contributed by atoms with Crippen molar-refractivity contribution in [3.8, 4) is 11.5 Å². The predicted molar refractivity (Wildman–Crippen MR) is 116 cm³/mol. The second kappa shape index (κ2) is 10.3. The van der Waals surface area contributed by atoms with Gasteiger partial charge in [0.1, 0.15) is 11.5 Å². The lowest BCUT2D eigenvalue weighted by Gasteiger charge is -2.15. The Balaban J connectivity index is 2.06. The summed E-state index contributed by atoms with van der Waals surface area (Å²) >= 11 is 8.66. The number of hydrogen-bond donors (Lipinski definition) is 2. The highest BCUT2D eigenvalue weighted by Crippen LogP contribution is 2.24. The van der Waals surface area contributed by atoms with E-state index in [0.717, 1.165) is 15.9 Å². The zero-order chi connectivity index (χ0) is 19.8. The Kier molecular flexibility index (Phi) is 8.06. The molecule has 7 heteroatoms. The van der Waals surface area contributed by atoms with Crippen molar-refractivity contribution in [3.63, 3.8) is 0 Å². The summed E-state index contributed by atoms with van der Waals surface area (Å²) in [5.41, 5.74) is 1.15. The van der Waals surface area contributed by atoms with Gasteiger partial charge in [-0.05, 0) is 55.4 Å². The third kappa shape index (κ3) is 6.84. The second-order valence-corrected chi connectivity index (χ2v) is 7.54. The molecule has 2 rings (SSSR count). The average molecular weight is 451 g/mol. The van der Waals surface area contributed by atoms with Crippen LogP contribution in [-0.2, 0) is 0 Å². The quantitative estimate of drug-likeness (QED) is 0.580. The summed E-state index contributed by atoms with van der Waals surface area (Å²) in [7, 11) is 0. The van der Waals surface area contributed by atoms with Gasteiger partial charge in [-0.15, -0.1) is 0 Å². The molecule has 0 unspecified atom stereocenters. The van der Waals surface area contributed by atoms with E-state index in [1.807, 2.05) is 51.1 Å². The van der Waals surface area contributed by atoms with Crippen LogP contribution in [0.1, 0.15) is 31.1 Å². The zero-order valence-corrected chi connectivity index (χ0v) is 17.9. The summed E-state index contributed by atoms with van der Waals surface area (Å²) in [5.74, 6) is 1.26. The summed E-state index contributed by atoms with van der Waals surface area (Å²) < 4.78 is 12.0. The Bertz CT molecular complexity index is 812. The number of nitrogens with one attached hydrogen (secondary N) is 2. The lowest BCUT2D eigenvalue weighted by Crippen LogP contribution is -2.34. The molecule has 0 fully saturated rings. The largest absolute Gasteiger partial charge is 0.494 e. The molecule has 0 spiro atoms. The number of rotatable bonds is 7. The highest BCUT2D eigenvalue weighted by molar-refractivity contribution is 9.10. The van der Waals surface area contributed by atoms with Crippen molar-refractivity contribution < 1.29 is 14.3 Å². The molecule has 0 saturated heterocycles. The van der Waals surface area contributed by atoms with Crippen LogP contribution in [0.3, 0.4) is 0 Å². The van der Waals surface area contributed by atoms with Crippen molar-refractivity contribution in [1.82, 2.24) is 5.32 Å². The first-order valence-corrected chi connectivity index (χ1v) is 9.86. The first kappa shape index (κ1) is 21.2. The minimum Gasteiger partial charge on any atom is -0.494 e. The van der Waals surface area contributed by atoms with Gasteiger partial charge in [0.25, 0.3) is 5.91 Å². The van der Waals surface area contributed by atoms with Crippen molar-refractivity contribution in [3.05, 3.63) is 52.5 Å². The maximum atomic E-state index is 12.7. The summed E-state index contributed by atoms with van der Waals surface area (Å²) in [6.07, 6.45) is 0. The number of halogens is 1. The number of benzene rings is 2. The van der Waals surface area contributed by atoms with Gasteiger partial charge in [0.15, 0.2) is 5.11 Å². The maximum absolute atomic E-state index is 12.7. The summed E-state index contributed by atoms with van der Waals surface area (Å²) in [5, 5.41) is 5.88. The third-order valence-corrected chi connectivity index (χ3v) is 4.09. The number of hydrogen-bond acceptors (Lipinski definition) is 4. The van der Waals surface area contributed by atoms with E-state index in [1.54, 1.807) is 12.1 Å². The van der Waals surface area contributed by atoms with Crippen molar-refractivity contribution in [2.75, 3.05) is 18.5 Å². The van der Waals surface area contributed by atoms with Gasteiger partial charge in [-0.25, -0.2) is 0 Å². The van der Waals surface area contributed by atoms with Gasteiger partial charge in [0, 0.05) is 16.2 Å². The molecule has 0 saturated carbocycles. The minimum atomic E-state index is -0.339. The Morgan fingerprint density at radius 3 is 2.67 bits per heavy atom. The monoisotopic (exact) mass is 450 g/mol. The number of amides is 1. The fourth-order valence-corrected chi connectivity index (χ4v) is 2.80. The molecule has 5 nitrogen and oxygen atoms in total. The molecule has 0 heterocycles. The Morgan fingerprint density at radius 1 is 1.19 bits per heavy atom. The number of thiocarbonyl (C=S) groups is 1. The van der Waals surface area contributed by atoms with Gasteiger partial charge in [0.05, 0.1) is 18.8 Å². The normalized spacial score (nSPS) is 10.4. The minimum absolute atomic E-state index is 0.198. The van der Waals surface area contributed by atoms with Crippen LogP contribution in [0.15, 0.2) is 46.9 Å². The molecule has 1 amide bonds. The summed E-state index contributed by atoms with van der Waals surface area (Å²) in [6.45, 7) is 7.12. The summed E-state index contributed by atoms with van der Waals surface area (Å²) in [6, 6.07) is 12.7. The SMILES string of the molecule is CCOc1cccc(NC(=S)NC(=O)c2cc(Br)ccc2OCC(C)C)c1. The van der Waals surface area contributed by atoms with Crippen LogP contribution in [0, 0.1) is 5.92 Å². The van der Waals surface area contributed by atoms with E-state index in [-0.39, 0.29) is 11.0 Å². The second-order valence-electron chi connectivity index (χ2n) is 6.21. The van der Waals surface area contributed by atoms with Crippen LogP contribution < -0.4 is 20.1 Å². The highest BCUT2D eigenvalue weighted by Gasteiger charge is 2.15. The molecular formula is C20H23BrN2O3S. The van der Waals surface area contributed by atoms with E-state index in [9.17, 15) is 4.79 Å². The van der Waals surface area contributed by atoms with E-state index in [2.05, 4.69) is 26.6 Å². The molecule has 2 N–H and O–H groups in total. The molecule has 0 aliphatic carbocycles. The highest BCUT2D eigenvalue weighted by atomic mass is 79.9. The molecule has 27 heavy (non-hydrogen) atoms. The standard InChI is InChI=1S/C20H23BrN2O3S/c1-4-25-16-7-5-6-15(11-16)22-20(27)23-19(24)17-10-14(21)8-9-18(17)26-12-13(2)3/h5-11,13H,4,12H2,1-3H3,(H2,22,23,24,27). The third-order valence-electron chi connectivity index (χ3n) is 3.39. The van der Waals surface area contributed by atoms with Crippen LogP contribution in [0.25, 0.3) is 0 Å². The molecule has 0 aliphatic rings. The first-order valence-electron chi connectivity index (χ1n) is 8.66. The number of ether oxygens (including phenoxy) is 2. The Labute approximate surface area is 173 Å². The van der Waals surface area contributed by atoms with E-state index < -0.39 is 0 Å². The van der Waals surface area contributed by atoms with Gasteiger partial charge >= 0.3 is 0 Å². The van der Waals surface area contributed by atoms with E-state index in [1.165, 1.54) is 0 Å². The number of carbonyl (C=O) groups excluding carboxylic acids is 1. The van der Waals surface area contributed by atoms with E-state index >= 15 is 0 Å².